The standard InChI is InChI=1S/C21H31AsFN2O3S/c1-15(2)13-20(22-3)21(26)24-11-9-18(10-12-24)25(17-7-8-17)29(27,28)19-6-4-5-16(23)14-19/h4-6,14-15,17-18,20H,7-13H2,1-3H3. The fourth-order valence-electron chi connectivity index (χ4n) is 4.08. The van der Waals surface area contributed by atoms with E-state index < -0.39 is 15.8 Å². The fourth-order valence-corrected chi connectivity index (χ4v) is 8.18. The number of amides is 1. The number of hydrogen-bond acceptors (Lipinski definition) is 3. The number of likely N-dealkylation sites (tertiary alicyclic amines) is 1. The van der Waals surface area contributed by atoms with E-state index in [1.54, 1.807) is 4.31 Å². The van der Waals surface area contributed by atoms with Crippen molar-refractivity contribution >= 4 is 31.7 Å². The summed E-state index contributed by atoms with van der Waals surface area (Å²) in [5.41, 5.74) is 2.15. The van der Waals surface area contributed by atoms with Gasteiger partial charge in [0, 0.05) is 0 Å². The topological polar surface area (TPSA) is 57.7 Å². The van der Waals surface area contributed by atoms with Gasteiger partial charge in [0.1, 0.15) is 0 Å². The van der Waals surface area contributed by atoms with Crippen molar-refractivity contribution in [2.24, 2.45) is 5.92 Å². The molecular formula is C21H31AsFN2O3S. The second-order valence-electron chi connectivity index (χ2n) is 8.48. The minimum atomic E-state index is -3.74. The summed E-state index contributed by atoms with van der Waals surface area (Å²) in [6.45, 7) is 5.49. The Hall–Kier alpha value is -0.912. The first-order valence-corrected chi connectivity index (χ1v) is 14.8. The molecule has 1 unspecified atom stereocenters. The van der Waals surface area contributed by atoms with Gasteiger partial charge in [-0.1, -0.05) is 0 Å². The zero-order valence-electron chi connectivity index (χ0n) is 17.4. The molecule has 1 amide bonds. The Morgan fingerprint density at radius 1 is 1.21 bits per heavy atom. The summed E-state index contributed by atoms with van der Waals surface area (Å²) >= 11 is -0.0219. The molecule has 0 N–H and O–H groups in total. The Labute approximate surface area is 180 Å². The van der Waals surface area contributed by atoms with E-state index in [-0.39, 0.29) is 43.3 Å². The predicted octanol–water partition coefficient (Wildman–Crippen LogP) is 3.56. The van der Waals surface area contributed by atoms with Crippen molar-refractivity contribution in [2.45, 2.75) is 73.3 Å². The van der Waals surface area contributed by atoms with E-state index in [9.17, 15) is 17.6 Å². The predicted molar refractivity (Wildman–Crippen MR) is 113 cm³/mol. The van der Waals surface area contributed by atoms with Crippen molar-refractivity contribution in [3.05, 3.63) is 30.1 Å². The van der Waals surface area contributed by atoms with Gasteiger partial charge < -0.3 is 0 Å². The second-order valence-corrected chi connectivity index (χ2v) is 12.7. The second kappa shape index (κ2) is 9.48. The van der Waals surface area contributed by atoms with Crippen molar-refractivity contribution in [1.29, 1.82) is 0 Å². The zero-order chi connectivity index (χ0) is 21.2. The van der Waals surface area contributed by atoms with Crippen LogP contribution >= 0.6 is 0 Å². The summed E-state index contributed by atoms with van der Waals surface area (Å²) < 4.78 is 41.9. The Balaban J connectivity index is 1.70. The van der Waals surface area contributed by atoms with Gasteiger partial charge in [-0.05, 0) is 0 Å². The number of piperidine rings is 1. The molecule has 0 bridgehead atoms. The van der Waals surface area contributed by atoms with Crippen molar-refractivity contribution in [3.63, 3.8) is 0 Å². The van der Waals surface area contributed by atoms with E-state index in [1.165, 1.54) is 18.2 Å². The van der Waals surface area contributed by atoms with Crippen LogP contribution in [0.3, 0.4) is 0 Å². The van der Waals surface area contributed by atoms with Crippen LogP contribution in [0.15, 0.2) is 29.2 Å². The first-order chi connectivity index (χ1) is 13.7. The molecule has 1 radical (unpaired) electrons. The fraction of sp³-hybridized carbons (Fsp3) is 0.667. The van der Waals surface area contributed by atoms with E-state index in [4.69, 9.17) is 0 Å². The summed E-state index contributed by atoms with van der Waals surface area (Å²) in [6.07, 6.45) is 3.92. The summed E-state index contributed by atoms with van der Waals surface area (Å²) in [5.74, 6) is 0.199. The number of hydrogen-bond donors (Lipinski definition) is 0. The number of rotatable bonds is 8. The molecule has 1 saturated heterocycles. The minimum absolute atomic E-state index is 0.00449. The summed E-state index contributed by atoms with van der Waals surface area (Å²) in [7, 11) is -3.74. The van der Waals surface area contributed by atoms with Gasteiger partial charge in [0.2, 0.25) is 0 Å². The molecule has 1 aromatic carbocycles. The Bertz CT molecular complexity index is 821. The van der Waals surface area contributed by atoms with Crippen LogP contribution in [0, 0.1) is 11.7 Å². The van der Waals surface area contributed by atoms with E-state index in [2.05, 4.69) is 19.6 Å². The zero-order valence-corrected chi connectivity index (χ0v) is 20.1. The maximum atomic E-state index is 13.6. The van der Waals surface area contributed by atoms with Crippen LogP contribution in [-0.2, 0) is 14.8 Å². The number of nitrogens with zero attached hydrogens (tertiary/aromatic N) is 2. The molecule has 1 heterocycles. The van der Waals surface area contributed by atoms with Gasteiger partial charge in [0.05, 0.1) is 0 Å². The van der Waals surface area contributed by atoms with E-state index in [0.717, 1.165) is 25.3 Å². The summed E-state index contributed by atoms with van der Waals surface area (Å²) in [5, 5.41) is 0. The van der Waals surface area contributed by atoms with Crippen LogP contribution in [0.25, 0.3) is 0 Å². The normalized spacial score (nSPS) is 20.1. The molecule has 1 aliphatic heterocycles. The van der Waals surface area contributed by atoms with Crippen molar-refractivity contribution in [1.82, 2.24) is 9.21 Å². The van der Waals surface area contributed by atoms with Gasteiger partial charge in [-0.25, -0.2) is 0 Å². The van der Waals surface area contributed by atoms with Gasteiger partial charge in [0.25, 0.3) is 0 Å². The number of carbonyl (C=O) groups is 1. The molecule has 5 nitrogen and oxygen atoms in total. The molecule has 1 aromatic rings. The van der Waals surface area contributed by atoms with Crippen LogP contribution in [0.1, 0.15) is 46.0 Å². The molecule has 1 atom stereocenters. The summed E-state index contributed by atoms with van der Waals surface area (Å²) in [6, 6.07) is 5.14. The van der Waals surface area contributed by atoms with E-state index in [0.29, 0.717) is 31.8 Å². The van der Waals surface area contributed by atoms with Crippen LogP contribution in [0.5, 0.6) is 0 Å². The number of benzene rings is 1. The Morgan fingerprint density at radius 3 is 2.34 bits per heavy atom. The third kappa shape index (κ3) is 5.42. The molecule has 8 heteroatoms. The SMILES string of the molecule is C[As]C(CC(C)C)C(=O)N1CCC(N(C2CC2)S(=O)(=O)c2cccc(F)c2)CC1. The van der Waals surface area contributed by atoms with Gasteiger partial charge in [0.15, 0.2) is 0 Å². The number of sulfonamides is 1. The van der Waals surface area contributed by atoms with Crippen molar-refractivity contribution < 1.29 is 17.6 Å². The average Bonchev–Trinajstić information content (AvgIpc) is 3.51. The van der Waals surface area contributed by atoms with Crippen LogP contribution < -0.4 is 0 Å². The molecule has 1 saturated carbocycles. The average molecular weight is 485 g/mol. The Kier molecular flexibility index (Phi) is 7.45. The third-order valence-electron chi connectivity index (χ3n) is 5.71. The first-order valence-electron chi connectivity index (χ1n) is 10.4. The molecule has 1 aliphatic carbocycles. The Morgan fingerprint density at radius 2 is 1.83 bits per heavy atom. The third-order valence-corrected chi connectivity index (χ3v) is 9.92. The quantitative estimate of drug-likeness (QED) is 0.530. The molecule has 161 valence electrons. The number of halogens is 1. The summed E-state index contributed by atoms with van der Waals surface area (Å²) in [4.78, 5) is 14.9. The van der Waals surface area contributed by atoms with Crippen molar-refractivity contribution in [2.75, 3.05) is 13.1 Å². The first kappa shape index (κ1) is 22.8. The monoisotopic (exact) mass is 485 g/mol. The van der Waals surface area contributed by atoms with Crippen LogP contribution in [0.2, 0.25) is 10.4 Å². The molecular weight excluding hydrogens is 454 g/mol. The van der Waals surface area contributed by atoms with E-state index in [1.807, 2.05) is 4.90 Å². The van der Waals surface area contributed by atoms with Crippen LogP contribution in [0.4, 0.5) is 4.39 Å². The molecule has 2 fully saturated rings. The number of carbonyl (C=O) groups excluding carboxylic acids is 1. The molecule has 29 heavy (non-hydrogen) atoms. The molecule has 0 aromatic heterocycles. The molecule has 2 aliphatic rings. The van der Waals surface area contributed by atoms with Crippen LogP contribution in [-0.4, -0.2) is 64.5 Å². The van der Waals surface area contributed by atoms with Gasteiger partial charge in [-0.15, -0.1) is 0 Å². The van der Waals surface area contributed by atoms with Gasteiger partial charge in [-0.2, -0.15) is 0 Å². The van der Waals surface area contributed by atoms with E-state index >= 15 is 0 Å². The molecule has 0 spiro atoms. The molecule has 3 rings (SSSR count). The van der Waals surface area contributed by atoms with Crippen molar-refractivity contribution in [3.8, 4) is 0 Å². The van der Waals surface area contributed by atoms with Gasteiger partial charge in [-0.3, -0.25) is 0 Å². The van der Waals surface area contributed by atoms with Gasteiger partial charge >= 0.3 is 181 Å². The maximum absolute atomic E-state index is 13.6.